The number of hydrogen-bond donors (Lipinski definition) is 2. The summed E-state index contributed by atoms with van der Waals surface area (Å²) in [4.78, 5) is 7.19. The zero-order chi connectivity index (χ0) is 16.8. The molecule has 0 radical (unpaired) electrons. The van der Waals surface area contributed by atoms with Crippen LogP contribution < -0.4 is 10.6 Å². The highest BCUT2D eigenvalue weighted by molar-refractivity contribution is 5.80. The summed E-state index contributed by atoms with van der Waals surface area (Å²) < 4.78 is 13.9. The molecule has 1 heterocycles. The predicted molar refractivity (Wildman–Crippen MR) is 97.0 cm³/mol. The van der Waals surface area contributed by atoms with Gasteiger partial charge in [0.05, 0.1) is 6.54 Å². The third kappa shape index (κ3) is 4.69. The van der Waals surface area contributed by atoms with Gasteiger partial charge < -0.3 is 15.5 Å². The molecule has 3 rings (SSSR count). The minimum atomic E-state index is -0.0983. The molecule has 1 saturated heterocycles. The van der Waals surface area contributed by atoms with Gasteiger partial charge in [-0.1, -0.05) is 24.6 Å². The number of benzene rings is 1. The van der Waals surface area contributed by atoms with Crippen LogP contribution in [0.25, 0.3) is 0 Å². The number of nitrogens with zero attached hydrogens (tertiary/aromatic N) is 2. The normalized spacial score (nSPS) is 24.7. The molecule has 1 aromatic rings. The molecule has 1 aliphatic heterocycles. The summed E-state index contributed by atoms with van der Waals surface area (Å²) in [7, 11) is 0. The molecule has 1 aromatic carbocycles. The molecule has 2 atom stereocenters. The number of likely N-dealkylation sites (tertiary alicyclic amines) is 1. The zero-order valence-electron chi connectivity index (χ0n) is 14.6. The van der Waals surface area contributed by atoms with Crippen molar-refractivity contribution in [2.24, 2.45) is 4.99 Å². The molecule has 2 unspecified atom stereocenters. The largest absolute Gasteiger partial charge is 0.357 e. The number of nitrogens with one attached hydrogen (secondary N) is 2. The Labute approximate surface area is 144 Å². The van der Waals surface area contributed by atoms with E-state index in [1.54, 1.807) is 12.1 Å². The van der Waals surface area contributed by atoms with Crippen molar-refractivity contribution in [3.05, 3.63) is 35.6 Å². The fourth-order valence-corrected chi connectivity index (χ4v) is 3.46. The Hall–Kier alpha value is -1.62. The van der Waals surface area contributed by atoms with Crippen molar-refractivity contribution in [2.45, 2.75) is 44.6 Å². The molecule has 0 bridgehead atoms. The van der Waals surface area contributed by atoms with Gasteiger partial charge in [0, 0.05) is 25.0 Å². The fourth-order valence-electron chi connectivity index (χ4n) is 3.46. The molecule has 1 saturated carbocycles. The lowest BCUT2D eigenvalue weighted by Gasteiger charge is -2.25. The van der Waals surface area contributed by atoms with Crippen molar-refractivity contribution in [1.82, 2.24) is 15.5 Å². The van der Waals surface area contributed by atoms with Crippen LogP contribution >= 0.6 is 0 Å². The molecule has 2 fully saturated rings. The number of halogens is 1. The van der Waals surface area contributed by atoms with Crippen molar-refractivity contribution >= 4 is 5.96 Å². The van der Waals surface area contributed by atoms with Crippen LogP contribution in [0.5, 0.6) is 0 Å². The Bertz CT molecular complexity index is 554. The summed E-state index contributed by atoms with van der Waals surface area (Å²) in [5.41, 5.74) is 0.819. The van der Waals surface area contributed by atoms with Crippen LogP contribution in [-0.4, -0.2) is 49.6 Å². The second kappa shape index (κ2) is 8.47. The van der Waals surface area contributed by atoms with Crippen molar-refractivity contribution in [3.8, 4) is 0 Å². The molecule has 2 N–H and O–H groups in total. The Morgan fingerprint density at radius 1 is 1.25 bits per heavy atom. The van der Waals surface area contributed by atoms with E-state index in [2.05, 4.69) is 22.5 Å². The Kier molecular flexibility index (Phi) is 6.07. The second-order valence-electron chi connectivity index (χ2n) is 6.78. The monoisotopic (exact) mass is 332 g/mol. The van der Waals surface area contributed by atoms with Gasteiger partial charge in [0.25, 0.3) is 0 Å². The lowest BCUT2D eigenvalue weighted by Crippen LogP contribution is -2.40. The zero-order valence-corrected chi connectivity index (χ0v) is 14.6. The third-order valence-electron chi connectivity index (χ3n) is 4.90. The summed E-state index contributed by atoms with van der Waals surface area (Å²) in [5, 5.41) is 6.76. The maximum absolute atomic E-state index is 13.9. The Balaban J connectivity index is 1.49. The van der Waals surface area contributed by atoms with Gasteiger partial charge in [-0.3, -0.25) is 4.99 Å². The average molecular weight is 332 g/mol. The molecule has 4 nitrogen and oxygen atoms in total. The molecule has 24 heavy (non-hydrogen) atoms. The van der Waals surface area contributed by atoms with Crippen molar-refractivity contribution in [3.63, 3.8) is 0 Å². The maximum atomic E-state index is 13.9. The van der Waals surface area contributed by atoms with E-state index in [0.29, 0.717) is 0 Å². The van der Waals surface area contributed by atoms with E-state index in [0.717, 1.165) is 37.6 Å². The van der Waals surface area contributed by atoms with Crippen LogP contribution in [0.1, 0.15) is 44.1 Å². The molecular formula is C19H29FN4. The van der Waals surface area contributed by atoms with E-state index in [1.165, 1.54) is 32.4 Å². The summed E-state index contributed by atoms with van der Waals surface area (Å²) in [6, 6.07) is 7.38. The molecular weight excluding hydrogens is 303 g/mol. The number of aliphatic imine (C=N–C) groups is 1. The van der Waals surface area contributed by atoms with E-state index in [1.807, 2.05) is 12.1 Å². The number of piperidine rings is 1. The van der Waals surface area contributed by atoms with Gasteiger partial charge >= 0.3 is 0 Å². The van der Waals surface area contributed by atoms with E-state index < -0.39 is 0 Å². The first kappa shape index (κ1) is 17.2. The number of hydrogen-bond acceptors (Lipinski definition) is 2. The van der Waals surface area contributed by atoms with Crippen LogP contribution in [-0.2, 0) is 0 Å². The molecule has 1 aliphatic carbocycles. The number of rotatable bonds is 6. The summed E-state index contributed by atoms with van der Waals surface area (Å²) in [6.45, 7) is 7.16. The molecule has 5 heteroatoms. The lowest BCUT2D eigenvalue weighted by atomic mass is 10.1. The van der Waals surface area contributed by atoms with Crippen molar-refractivity contribution in [2.75, 3.05) is 32.7 Å². The lowest BCUT2D eigenvalue weighted by molar-refractivity contribution is 0.235. The molecule has 0 aromatic heterocycles. The topological polar surface area (TPSA) is 39.7 Å². The van der Waals surface area contributed by atoms with Gasteiger partial charge in [-0.25, -0.2) is 4.39 Å². The minimum absolute atomic E-state index is 0.0983. The number of guanidine groups is 1. The van der Waals surface area contributed by atoms with Crippen LogP contribution in [0.15, 0.2) is 29.3 Å². The molecule has 2 aliphatic rings. The Morgan fingerprint density at radius 2 is 2.04 bits per heavy atom. The third-order valence-corrected chi connectivity index (χ3v) is 4.90. The highest BCUT2D eigenvalue weighted by Crippen LogP contribution is 2.41. The van der Waals surface area contributed by atoms with Gasteiger partial charge in [0.2, 0.25) is 0 Å². The standard InChI is InChI=1S/C19H29FN4/c1-2-21-19(22-10-13-24-11-6-3-7-12-24)23-18-14-16(18)15-8-4-5-9-17(15)20/h4-5,8-9,16,18H,2-3,6-7,10-14H2,1H3,(H2,21,22,23). The second-order valence-corrected chi connectivity index (χ2v) is 6.78. The van der Waals surface area contributed by atoms with Gasteiger partial charge in [-0.2, -0.15) is 0 Å². The van der Waals surface area contributed by atoms with Crippen molar-refractivity contribution in [1.29, 1.82) is 0 Å². The highest BCUT2D eigenvalue weighted by atomic mass is 19.1. The molecule has 0 amide bonds. The first-order chi connectivity index (χ1) is 11.8. The molecule has 0 spiro atoms. The van der Waals surface area contributed by atoms with Crippen molar-refractivity contribution < 1.29 is 4.39 Å². The first-order valence-corrected chi connectivity index (χ1v) is 9.29. The van der Waals surface area contributed by atoms with Gasteiger partial charge in [0.1, 0.15) is 5.82 Å². The van der Waals surface area contributed by atoms with Crippen LogP contribution in [0.4, 0.5) is 4.39 Å². The van der Waals surface area contributed by atoms with Crippen LogP contribution in [0.3, 0.4) is 0 Å². The SMILES string of the molecule is CCNC(=NCCN1CCCCC1)NC1CC1c1ccccc1F. The van der Waals surface area contributed by atoms with Crippen LogP contribution in [0.2, 0.25) is 0 Å². The molecule has 132 valence electrons. The Morgan fingerprint density at radius 3 is 2.79 bits per heavy atom. The fraction of sp³-hybridized carbons (Fsp3) is 0.632. The summed E-state index contributed by atoms with van der Waals surface area (Å²) in [5.74, 6) is 1.02. The van der Waals surface area contributed by atoms with Gasteiger partial charge in [-0.15, -0.1) is 0 Å². The quantitative estimate of drug-likeness (QED) is 0.621. The average Bonchev–Trinajstić information content (AvgIpc) is 3.35. The summed E-state index contributed by atoms with van der Waals surface area (Å²) in [6.07, 6.45) is 4.96. The summed E-state index contributed by atoms with van der Waals surface area (Å²) >= 11 is 0. The van der Waals surface area contributed by atoms with Gasteiger partial charge in [0.15, 0.2) is 5.96 Å². The maximum Gasteiger partial charge on any atom is 0.191 e. The van der Waals surface area contributed by atoms with E-state index in [-0.39, 0.29) is 17.8 Å². The smallest absolute Gasteiger partial charge is 0.191 e. The van der Waals surface area contributed by atoms with Gasteiger partial charge in [-0.05, 0) is 50.9 Å². The minimum Gasteiger partial charge on any atom is -0.357 e. The van der Waals surface area contributed by atoms with E-state index >= 15 is 0 Å². The first-order valence-electron chi connectivity index (χ1n) is 9.29. The van der Waals surface area contributed by atoms with E-state index in [4.69, 9.17) is 4.99 Å². The predicted octanol–water partition coefficient (Wildman–Crippen LogP) is 2.72. The highest BCUT2D eigenvalue weighted by Gasteiger charge is 2.40. The van der Waals surface area contributed by atoms with E-state index in [9.17, 15) is 4.39 Å². The van der Waals surface area contributed by atoms with Crippen LogP contribution in [0, 0.1) is 5.82 Å².